The standard InChI is InChI=1S/C19H20Cl2N2O/c1-13-5-3-4-6-15(13)12-22-9-10-23(19(24)14(22)2)18-8-7-16(20)11-17(18)21/h3-8,11,14H,9-10,12H2,1-2H3/t14-/m1/s1. The minimum Gasteiger partial charge on any atom is -0.308 e. The number of amides is 1. The van der Waals surface area contributed by atoms with Crippen LogP contribution < -0.4 is 4.90 Å². The minimum absolute atomic E-state index is 0.0686. The Balaban J connectivity index is 1.77. The van der Waals surface area contributed by atoms with Crippen LogP contribution in [0.4, 0.5) is 5.69 Å². The van der Waals surface area contributed by atoms with Crippen LogP contribution in [0.1, 0.15) is 18.1 Å². The van der Waals surface area contributed by atoms with Crippen molar-refractivity contribution < 1.29 is 4.79 Å². The summed E-state index contributed by atoms with van der Waals surface area (Å²) in [5, 5.41) is 1.08. The molecule has 0 aromatic heterocycles. The van der Waals surface area contributed by atoms with Crippen LogP contribution in [0.5, 0.6) is 0 Å². The molecule has 1 heterocycles. The highest BCUT2D eigenvalue weighted by molar-refractivity contribution is 6.36. The Morgan fingerprint density at radius 3 is 2.58 bits per heavy atom. The van der Waals surface area contributed by atoms with Gasteiger partial charge in [-0.1, -0.05) is 47.5 Å². The molecule has 5 heteroatoms. The van der Waals surface area contributed by atoms with E-state index >= 15 is 0 Å². The third kappa shape index (κ3) is 3.44. The van der Waals surface area contributed by atoms with Gasteiger partial charge in [-0.3, -0.25) is 9.69 Å². The van der Waals surface area contributed by atoms with E-state index in [9.17, 15) is 4.79 Å². The maximum atomic E-state index is 12.8. The summed E-state index contributed by atoms with van der Waals surface area (Å²) in [6.07, 6.45) is 0. The number of piperazine rings is 1. The van der Waals surface area contributed by atoms with Crippen molar-refractivity contribution in [2.24, 2.45) is 0 Å². The SMILES string of the molecule is Cc1ccccc1CN1CCN(c2ccc(Cl)cc2Cl)C(=O)[C@H]1C. The number of hydrogen-bond acceptors (Lipinski definition) is 2. The van der Waals surface area contributed by atoms with Gasteiger partial charge in [0.25, 0.3) is 0 Å². The van der Waals surface area contributed by atoms with Crippen LogP contribution in [0.2, 0.25) is 10.0 Å². The molecule has 3 rings (SSSR count). The number of carbonyl (C=O) groups is 1. The van der Waals surface area contributed by atoms with Crippen molar-refractivity contribution in [1.29, 1.82) is 0 Å². The second kappa shape index (κ2) is 7.14. The first-order valence-electron chi connectivity index (χ1n) is 8.02. The smallest absolute Gasteiger partial charge is 0.244 e. The van der Waals surface area contributed by atoms with Gasteiger partial charge in [0.15, 0.2) is 0 Å². The number of hydrogen-bond donors (Lipinski definition) is 0. The molecule has 1 fully saturated rings. The number of aryl methyl sites for hydroxylation is 1. The molecule has 0 radical (unpaired) electrons. The number of benzene rings is 2. The van der Waals surface area contributed by atoms with Crippen molar-refractivity contribution in [3.8, 4) is 0 Å². The van der Waals surface area contributed by atoms with Gasteiger partial charge in [-0.15, -0.1) is 0 Å². The van der Waals surface area contributed by atoms with E-state index in [1.165, 1.54) is 11.1 Å². The van der Waals surface area contributed by atoms with E-state index in [-0.39, 0.29) is 11.9 Å². The Labute approximate surface area is 152 Å². The summed E-state index contributed by atoms with van der Waals surface area (Å²) < 4.78 is 0. The van der Waals surface area contributed by atoms with E-state index in [0.29, 0.717) is 16.6 Å². The molecule has 0 N–H and O–H groups in total. The summed E-state index contributed by atoms with van der Waals surface area (Å²) in [5.41, 5.74) is 3.24. The summed E-state index contributed by atoms with van der Waals surface area (Å²) in [4.78, 5) is 16.8. The van der Waals surface area contributed by atoms with Crippen LogP contribution in [0.3, 0.4) is 0 Å². The number of rotatable bonds is 3. The molecular formula is C19H20Cl2N2O. The van der Waals surface area contributed by atoms with Gasteiger partial charge in [0.2, 0.25) is 5.91 Å². The van der Waals surface area contributed by atoms with Crippen molar-refractivity contribution in [2.45, 2.75) is 26.4 Å². The van der Waals surface area contributed by atoms with Crippen LogP contribution in [-0.4, -0.2) is 29.9 Å². The lowest BCUT2D eigenvalue weighted by Crippen LogP contribution is -2.55. The van der Waals surface area contributed by atoms with Gasteiger partial charge in [-0.25, -0.2) is 0 Å². The first kappa shape index (κ1) is 17.3. The fourth-order valence-corrected chi connectivity index (χ4v) is 3.59. The number of nitrogens with zero attached hydrogens (tertiary/aromatic N) is 2. The van der Waals surface area contributed by atoms with Crippen LogP contribution in [0, 0.1) is 6.92 Å². The molecule has 2 aromatic carbocycles. The van der Waals surface area contributed by atoms with E-state index in [4.69, 9.17) is 23.2 Å². The zero-order valence-electron chi connectivity index (χ0n) is 13.8. The Hall–Kier alpha value is -1.55. The highest BCUT2D eigenvalue weighted by Gasteiger charge is 2.33. The molecule has 2 aromatic rings. The van der Waals surface area contributed by atoms with Gasteiger partial charge >= 0.3 is 0 Å². The molecule has 0 bridgehead atoms. The molecule has 126 valence electrons. The highest BCUT2D eigenvalue weighted by atomic mass is 35.5. The summed E-state index contributed by atoms with van der Waals surface area (Å²) >= 11 is 12.2. The molecule has 0 aliphatic carbocycles. The lowest BCUT2D eigenvalue weighted by Gasteiger charge is -2.39. The molecule has 1 saturated heterocycles. The van der Waals surface area contributed by atoms with E-state index in [0.717, 1.165) is 18.8 Å². The lowest BCUT2D eigenvalue weighted by molar-refractivity contribution is -0.125. The van der Waals surface area contributed by atoms with Gasteiger partial charge in [0.1, 0.15) is 0 Å². The Bertz CT molecular complexity index is 763. The zero-order valence-corrected chi connectivity index (χ0v) is 15.3. The second-order valence-corrected chi connectivity index (χ2v) is 7.00. The fourth-order valence-electron chi connectivity index (χ4n) is 3.08. The van der Waals surface area contributed by atoms with Gasteiger partial charge in [-0.2, -0.15) is 0 Å². The van der Waals surface area contributed by atoms with E-state index in [1.54, 1.807) is 17.0 Å². The molecular weight excluding hydrogens is 343 g/mol. The molecule has 0 spiro atoms. The Morgan fingerprint density at radius 2 is 1.88 bits per heavy atom. The maximum absolute atomic E-state index is 12.8. The average molecular weight is 363 g/mol. The van der Waals surface area contributed by atoms with E-state index < -0.39 is 0 Å². The lowest BCUT2D eigenvalue weighted by atomic mass is 10.1. The predicted octanol–water partition coefficient (Wildman–Crippen LogP) is 4.54. The quantitative estimate of drug-likeness (QED) is 0.799. The largest absolute Gasteiger partial charge is 0.308 e. The van der Waals surface area contributed by atoms with Gasteiger partial charge in [0.05, 0.1) is 16.8 Å². The average Bonchev–Trinajstić information content (AvgIpc) is 2.55. The van der Waals surface area contributed by atoms with Crippen molar-refractivity contribution in [3.05, 3.63) is 63.6 Å². The molecule has 1 amide bonds. The van der Waals surface area contributed by atoms with Crippen LogP contribution in [-0.2, 0) is 11.3 Å². The van der Waals surface area contributed by atoms with Gasteiger partial charge < -0.3 is 4.90 Å². The first-order valence-corrected chi connectivity index (χ1v) is 8.78. The minimum atomic E-state index is -0.190. The third-order valence-electron chi connectivity index (χ3n) is 4.62. The van der Waals surface area contributed by atoms with Gasteiger partial charge in [0, 0.05) is 24.7 Å². The van der Waals surface area contributed by atoms with Crippen molar-refractivity contribution >= 4 is 34.8 Å². The maximum Gasteiger partial charge on any atom is 0.244 e. The fraction of sp³-hybridized carbons (Fsp3) is 0.316. The van der Waals surface area contributed by atoms with Crippen molar-refractivity contribution in [1.82, 2.24) is 4.90 Å². The molecule has 0 unspecified atom stereocenters. The summed E-state index contributed by atoms with van der Waals surface area (Å²) in [6.45, 7) is 6.26. The molecule has 3 nitrogen and oxygen atoms in total. The van der Waals surface area contributed by atoms with Crippen LogP contribution in [0.15, 0.2) is 42.5 Å². The molecule has 1 atom stereocenters. The van der Waals surface area contributed by atoms with E-state index in [1.807, 2.05) is 25.1 Å². The first-order chi connectivity index (χ1) is 11.5. The topological polar surface area (TPSA) is 23.6 Å². The van der Waals surface area contributed by atoms with Crippen LogP contribution >= 0.6 is 23.2 Å². The number of halogens is 2. The molecule has 0 saturated carbocycles. The van der Waals surface area contributed by atoms with E-state index in [2.05, 4.69) is 24.0 Å². The summed E-state index contributed by atoms with van der Waals surface area (Å²) in [6, 6.07) is 13.4. The molecule has 1 aliphatic rings. The number of anilines is 1. The summed E-state index contributed by atoms with van der Waals surface area (Å²) in [7, 11) is 0. The van der Waals surface area contributed by atoms with Gasteiger partial charge in [-0.05, 0) is 43.2 Å². The number of carbonyl (C=O) groups excluding carboxylic acids is 1. The zero-order chi connectivity index (χ0) is 17.3. The predicted molar refractivity (Wildman–Crippen MR) is 99.9 cm³/mol. The van der Waals surface area contributed by atoms with Crippen LogP contribution in [0.25, 0.3) is 0 Å². The second-order valence-electron chi connectivity index (χ2n) is 6.16. The Morgan fingerprint density at radius 1 is 1.12 bits per heavy atom. The van der Waals surface area contributed by atoms with Crippen molar-refractivity contribution in [3.63, 3.8) is 0 Å². The third-order valence-corrected chi connectivity index (χ3v) is 5.16. The highest BCUT2D eigenvalue weighted by Crippen LogP contribution is 2.31. The molecule has 1 aliphatic heterocycles. The normalized spacial score (nSPS) is 18.9. The molecule has 24 heavy (non-hydrogen) atoms. The van der Waals surface area contributed by atoms with Crippen molar-refractivity contribution in [2.75, 3.05) is 18.0 Å². The monoisotopic (exact) mass is 362 g/mol. The summed E-state index contributed by atoms with van der Waals surface area (Å²) in [5.74, 6) is 0.0686. The Kier molecular flexibility index (Phi) is 5.14.